The Kier molecular flexibility index (Phi) is 3.64. The highest BCUT2D eigenvalue weighted by atomic mass is 79.9. The van der Waals surface area contributed by atoms with Gasteiger partial charge in [-0.1, -0.05) is 28.1 Å². The van der Waals surface area contributed by atoms with E-state index in [9.17, 15) is 8.42 Å². The molecular formula is C16H21BrN2O2S. The molecular weight excluding hydrogens is 364 g/mol. The molecule has 4 fully saturated rings. The van der Waals surface area contributed by atoms with Crippen molar-refractivity contribution in [3.05, 3.63) is 34.3 Å². The van der Waals surface area contributed by atoms with Crippen LogP contribution in [0, 0.1) is 5.92 Å². The number of hydrogen-bond acceptors (Lipinski definition) is 3. The fourth-order valence-electron chi connectivity index (χ4n) is 4.14. The van der Waals surface area contributed by atoms with E-state index in [2.05, 4.69) is 45.1 Å². The highest BCUT2D eigenvalue weighted by Gasteiger charge is 2.57. The van der Waals surface area contributed by atoms with Gasteiger partial charge in [-0.3, -0.25) is 4.90 Å². The highest BCUT2D eigenvalue weighted by molar-refractivity contribution is 9.10. The number of sulfonamides is 1. The second-order valence-corrected chi connectivity index (χ2v) is 9.77. The zero-order chi connectivity index (χ0) is 15.5. The van der Waals surface area contributed by atoms with Crippen LogP contribution in [-0.2, 0) is 10.0 Å². The molecule has 4 aliphatic rings. The van der Waals surface area contributed by atoms with Gasteiger partial charge in [0.05, 0.1) is 6.26 Å². The van der Waals surface area contributed by atoms with E-state index in [0.717, 1.165) is 30.0 Å². The Balaban J connectivity index is 1.57. The molecule has 0 radical (unpaired) electrons. The van der Waals surface area contributed by atoms with Crippen molar-refractivity contribution in [1.29, 1.82) is 0 Å². The molecule has 0 amide bonds. The van der Waals surface area contributed by atoms with Crippen molar-refractivity contribution in [2.75, 3.05) is 25.9 Å². The van der Waals surface area contributed by atoms with Crippen LogP contribution >= 0.6 is 15.9 Å². The smallest absolute Gasteiger partial charge is 0.211 e. The highest BCUT2D eigenvalue weighted by Crippen LogP contribution is 2.47. The van der Waals surface area contributed by atoms with Gasteiger partial charge in [-0.15, -0.1) is 0 Å². The third kappa shape index (κ3) is 2.64. The molecule has 1 aromatic rings. The van der Waals surface area contributed by atoms with Gasteiger partial charge in [0.25, 0.3) is 0 Å². The number of hydrogen-bond donors (Lipinski definition) is 0. The molecule has 5 rings (SSSR count). The Morgan fingerprint density at radius 1 is 1.14 bits per heavy atom. The molecule has 2 bridgehead atoms. The Bertz CT molecular complexity index is 658. The molecule has 2 atom stereocenters. The third-order valence-electron chi connectivity index (χ3n) is 5.22. The molecule has 4 nitrogen and oxygen atoms in total. The van der Waals surface area contributed by atoms with E-state index in [1.807, 2.05) is 0 Å². The minimum atomic E-state index is -3.11. The summed E-state index contributed by atoms with van der Waals surface area (Å²) in [5.74, 6) is 1.20. The summed E-state index contributed by atoms with van der Waals surface area (Å²) in [6, 6.07) is 8.57. The minimum Gasteiger partial charge on any atom is -0.300 e. The molecule has 0 aromatic heterocycles. The molecule has 0 N–H and O–H groups in total. The van der Waals surface area contributed by atoms with Gasteiger partial charge < -0.3 is 0 Å². The summed E-state index contributed by atoms with van der Waals surface area (Å²) >= 11 is 3.47. The number of benzene rings is 1. The predicted molar refractivity (Wildman–Crippen MR) is 90.3 cm³/mol. The summed E-state index contributed by atoms with van der Waals surface area (Å²) in [6.45, 7) is 2.90. The first kappa shape index (κ1) is 15.1. The largest absolute Gasteiger partial charge is 0.300 e. The molecule has 120 valence electrons. The maximum Gasteiger partial charge on any atom is 0.211 e. The molecule has 2 unspecified atom stereocenters. The number of piperazine rings is 1. The van der Waals surface area contributed by atoms with Gasteiger partial charge in [0.1, 0.15) is 0 Å². The van der Waals surface area contributed by atoms with E-state index in [1.54, 1.807) is 4.31 Å². The average molecular weight is 385 g/mol. The van der Waals surface area contributed by atoms with Crippen molar-refractivity contribution < 1.29 is 8.42 Å². The molecule has 1 aromatic carbocycles. The van der Waals surface area contributed by atoms with Crippen molar-refractivity contribution >= 4 is 26.0 Å². The lowest BCUT2D eigenvalue weighted by Crippen LogP contribution is -2.74. The Labute approximate surface area is 140 Å². The van der Waals surface area contributed by atoms with Crippen LogP contribution in [0.5, 0.6) is 0 Å². The quantitative estimate of drug-likeness (QED) is 0.799. The second-order valence-electron chi connectivity index (χ2n) is 6.97. The third-order valence-corrected chi connectivity index (χ3v) is 7.06. The first-order valence-electron chi connectivity index (χ1n) is 7.90. The zero-order valence-corrected chi connectivity index (χ0v) is 15.1. The zero-order valence-electron chi connectivity index (χ0n) is 12.7. The van der Waals surface area contributed by atoms with Gasteiger partial charge >= 0.3 is 0 Å². The Morgan fingerprint density at radius 3 is 2.23 bits per heavy atom. The van der Waals surface area contributed by atoms with Gasteiger partial charge in [0.2, 0.25) is 10.0 Å². The van der Waals surface area contributed by atoms with Crippen LogP contribution in [0.2, 0.25) is 0 Å². The normalized spacial score (nSPS) is 32.7. The standard InChI is InChI=1S/C16H21BrN2O2S/c1-22(20,21)19-14-9-18(8-11-2-3-11)10-15(19)16(14)12-4-6-13(17)7-5-12/h4-7,11,14-16H,2-3,8-10H2,1H3. The van der Waals surface area contributed by atoms with Gasteiger partial charge in [0.15, 0.2) is 0 Å². The van der Waals surface area contributed by atoms with E-state index in [1.165, 1.54) is 24.7 Å². The van der Waals surface area contributed by atoms with E-state index in [0.29, 0.717) is 5.92 Å². The minimum absolute atomic E-state index is 0.105. The fraction of sp³-hybridized carbons (Fsp3) is 0.625. The van der Waals surface area contributed by atoms with Crippen LogP contribution < -0.4 is 0 Å². The lowest BCUT2D eigenvalue weighted by Gasteiger charge is -2.60. The van der Waals surface area contributed by atoms with Crippen LogP contribution in [-0.4, -0.2) is 55.6 Å². The summed E-state index contributed by atoms with van der Waals surface area (Å²) in [5, 5.41) is 0. The summed E-state index contributed by atoms with van der Waals surface area (Å²) in [4.78, 5) is 2.48. The lowest BCUT2D eigenvalue weighted by molar-refractivity contribution is -0.0330. The summed E-state index contributed by atoms with van der Waals surface area (Å²) < 4.78 is 27.0. The summed E-state index contributed by atoms with van der Waals surface area (Å²) in [7, 11) is -3.11. The lowest BCUT2D eigenvalue weighted by atomic mass is 9.74. The van der Waals surface area contributed by atoms with Crippen molar-refractivity contribution in [1.82, 2.24) is 9.21 Å². The van der Waals surface area contributed by atoms with Gasteiger partial charge in [-0.05, 0) is 36.5 Å². The molecule has 3 saturated heterocycles. The predicted octanol–water partition coefficient (Wildman–Crippen LogP) is 2.27. The molecule has 22 heavy (non-hydrogen) atoms. The number of rotatable bonds is 4. The Hall–Kier alpha value is -0.430. The van der Waals surface area contributed by atoms with Crippen LogP contribution in [0.3, 0.4) is 0 Å². The fourth-order valence-corrected chi connectivity index (χ4v) is 5.79. The second kappa shape index (κ2) is 5.30. The van der Waals surface area contributed by atoms with Crippen LogP contribution in [0.4, 0.5) is 0 Å². The molecule has 1 saturated carbocycles. The maximum atomic E-state index is 12.1. The van der Waals surface area contributed by atoms with E-state index in [4.69, 9.17) is 0 Å². The van der Waals surface area contributed by atoms with Gasteiger partial charge in [0, 0.05) is 42.1 Å². The van der Waals surface area contributed by atoms with Gasteiger partial charge in [-0.25, -0.2) is 8.42 Å². The first-order valence-corrected chi connectivity index (χ1v) is 10.5. The number of halogens is 1. The summed E-state index contributed by atoms with van der Waals surface area (Å²) in [6.07, 6.45) is 4.04. The van der Waals surface area contributed by atoms with Crippen molar-refractivity contribution in [3.63, 3.8) is 0 Å². The monoisotopic (exact) mass is 384 g/mol. The van der Waals surface area contributed by atoms with Gasteiger partial charge in [-0.2, -0.15) is 4.31 Å². The van der Waals surface area contributed by atoms with Crippen molar-refractivity contribution in [2.24, 2.45) is 5.92 Å². The Morgan fingerprint density at radius 2 is 1.73 bits per heavy atom. The first-order chi connectivity index (χ1) is 10.4. The molecule has 6 heteroatoms. The van der Waals surface area contributed by atoms with Crippen LogP contribution in [0.25, 0.3) is 0 Å². The van der Waals surface area contributed by atoms with Crippen molar-refractivity contribution in [2.45, 2.75) is 30.8 Å². The van der Waals surface area contributed by atoms with E-state index in [-0.39, 0.29) is 12.1 Å². The maximum absolute atomic E-state index is 12.1. The molecule has 3 heterocycles. The molecule has 1 aliphatic carbocycles. The topological polar surface area (TPSA) is 40.6 Å². The van der Waals surface area contributed by atoms with Crippen LogP contribution in [0.1, 0.15) is 24.3 Å². The number of piperidine rings is 1. The number of fused-ring (bicyclic) bond motifs is 2. The number of nitrogens with zero attached hydrogens (tertiary/aromatic N) is 2. The molecule has 3 aliphatic heterocycles. The SMILES string of the molecule is CS(=O)(=O)N1C2CN(CC3CC3)CC1C2c1ccc(Br)cc1. The average Bonchev–Trinajstić information content (AvgIpc) is 3.23. The van der Waals surface area contributed by atoms with E-state index < -0.39 is 10.0 Å². The summed E-state index contributed by atoms with van der Waals surface area (Å²) in [5.41, 5.74) is 1.27. The molecule has 0 spiro atoms. The van der Waals surface area contributed by atoms with Crippen molar-refractivity contribution in [3.8, 4) is 0 Å². The van der Waals surface area contributed by atoms with Crippen LogP contribution in [0.15, 0.2) is 28.7 Å². The van der Waals surface area contributed by atoms with E-state index >= 15 is 0 Å².